The zero-order valence-electron chi connectivity index (χ0n) is 73.2. The fraction of sp³-hybridized carbons (Fsp3) is 0.0792. The Morgan fingerprint density at radius 1 is 0.299 bits per heavy atom. The van der Waals surface area contributed by atoms with Gasteiger partial charge in [-0.3, -0.25) is 34.3 Å². The minimum atomic E-state index is -4.60. The molecule has 0 unspecified atom stereocenters. The van der Waals surface area contributed by atoms with Crippen molar-refractivity contribution in [3.05, 3.63) is 318 Å². The quantitative estimate of drug-likeness (QED) is 0.0849. The van der Waals surface area contributed by atoms with Gasteiger partial charge in [-0.2, -0.15) is 44.4 Å². The summed E-state index contributed by atoms with van der Waals surface area (Å²) in [6, 6.07) is 66.6. The molecule has 0 radical (unpaired) electrons. The van der Waals surface area contributed by atoms with Crippen molar-refractivity contribution >= 4 is 146 Å². The van der Waals surface area contributed by atoms with Gasteiger partial charge in [0, 0.05) is 129 Å². The second-order valence-electron chi connectivity index (χ2n) is 31.0. The van der Waals surface area contributed by atoms with E-state index in [2.05, 4.69) is 114 Å². The molecule has 20 aromatic rings. The predicted octanol–water partition coefficient (Wildman–Crippen LogP) is 22.6. The van der Waals surface area contributed by atoms with Crippen molar-refractivity contribution in [3.8, 4) is 137 Å². The van der Waals surface area contributed by atoms with Crippen LogP contribution in [0.5, 0.6) is 0 Å². The van der Waals surface area contributed by atoms with Crippen molar-refractivity contribution in [3.63, 3.8) is 0 Å². The molecular weight excluding hydrogens is 1880 g/mol. The molecule has 0 saturated heterocycles. The second-order valence-corrected chi connectivity index (χ2v) is 33.4. The molecule has 0 atom stereocenters. The molecule has 0 aliphatic rings. The largest absolute Gasteiger partial charge is 0.417 e. The van der Waals surface area contributed by atoms with Gasteiger partial charge in [0.2, 0.25) is 0 Å². The number of anilines is 5. The maximum atomic E-state index is 13.5. The Kier molecular flexibility index (Phi) is 26.8. The van der Waals surface area contributed by atoms with Crippen molar-refractivity contribution < 1.29 is 13.2 Å². The van der Waals surface area contributed by atoms with Gasteiger partial charge in [0.25, 0.3) is 0 Å². The van der Waals surface area contributed by atoms with Gasteiger partial charge in [-0.1, -0.05) is 137 Å². The van der Waals surface area contributed by atoms with Crippen LogP contribution in [0.15, 0.2) is 242 Å². The molecule has 10 N–H and O–H groups in total. The average Bonchev–Trinajstić information content (AvgIpc) is 1.15. The summed E-state index contributed by atoms with van der Waals surface area (Å²) in [6.45, 7) is 10.1. The first-order valence-electron chi connectivity index (χ1n) is 41.3. The highest BCUT2D eigenvalue weighted by atomic mass is 79.9. The highest BCUT2D eigenvalue weighted by Gasteiger charge is 2.34. The second kappa shape index (κ2) is 39.4. The summed E-state index contributed by atoms with van der Waals surface area (Å²) >= 11 is 29.1. The molecule has 8 aromatic carbocycles. The van der Waals surface area contributed by atoms with Crippen LogP contribution in [-0.2, 0) is 20.3 Å². The fourth-order valence-electron chi connectivity index (χ4n) is 15.1. The van der Waals surface area contributed by atoms with Crippen LogP contribution < -0.4 is 28.7 Å². The number of nitrogens with two attached hydrogens (primary N) is 5. The van der Waals surface area contributed by atoms with E-state index in [4.69, 9.17) is 75.1 Å². The average molecular weight is 1950 g/mol. The number of nitrogen functional groups attached to an aromatic ring is 5. The van der Waals surface area contributed by atoms with Gasteiger partial charge >= 0.3 is 6.18 Å². The van der Waals surface area contributed by atoms with Gasteiger partial charge in [0.1, 0.15) is 57.3 Å². The lowest BCUT2D eigenvalue weighted by molar-refractivity contribution is -0.136. The third-order valence-electron chi connectivity index (χ3n) is 21.8. The zero-order valence-corrected chi connectivity index (χ0v) is 77.8. The Morgan fingerprint density at radius 2 is 0.562 bits per heavy atom. The summed E-state index contributed by atoms with van der Waals surface area (Å²) in [4.78, 5) is 66.1. The number of nitriles is 4. The van der Waals surface area contributed by atoms with Crippen molar-refractivity contribution in [1.29, 1.82) is 21.0 Å². The third-order valence-corrected chi connectivity index (χ3v) is 23.6. The van der Waals surface area contributed by atoms with E-state index in [1.54, 1.807) is 76.6 Å². The number of aryl methyl sites for hydroxylation is 7. The Morgan fingerprint density at radius 3 is 0.876 bits per heavy atom. The van der Waals surface area contributed by atoms with E-state index in [1.807, 2.05) is 206 Å². The van der Waals surface area contributed by atoms with Crippen LogP contribution in [0.3, 0.4) is 0 Å². The molecule has 0 aliphatic heterocycles. The van der Waals surface area contributed by atoms with E-state index in [9.17, 15) is 34.2 Å². The van der Waals surface area contributed by atoms with E-state index in [0.717, 1.165) is 106 Å². The first kappa shape index (κ1) is 93.3. The summed E-state index contributed by atoms with van der Waals surface area (Å²) in [6.07, 6.45) is 7.13. The molecule has 0 saturated carbocycles. The molecule has 36 heteroatoms. The fourth-order valence-corrected chi connectivity index (χ4v) is 16.5. The smallest absolute Gasteiger partial charge is 0.381 e. The number of halogens is 8. The number of nitrogens with zero attached hydrogens (tertiary/aromatic N) is 23. The van der Waals surface area contributed by atoms with Gasteiger partial charge in [0.05, 0.1) is 93.1 Å². The molecule has 0 spiro atoms. The van der Waals surface area contributed by atoms with Crippen LogP contribution in [0.2, 0.25) is 20.1 Å². The van der Waals surface area contributed by atoms with Crippen LogP contribution in [-0.4, -0.2) is 94.3 Å². The van der Waals surface area contributed by atoms with Gasteiger partial charge in [-0.25, -0.2) is 49.8 Å². The van der Waals surface area contributed by atoms with Gasteiger partial charge < -0.3 is 28.7 Å². The first-order valence-corrected chi connectivity index (χ1v) is 43.7. The molecule has 20 rings (SSSR count). The summed E-state index contributed by atoms with van der Waals surface area (Å²) in [5, 5.41) is 51.5. The number of pyridine rings is 5. The monoisotopic (exact) mass is 1950 g/mol. The summed E-state index contributed by atoms with van der Waals surface area (Å²) in [5.74, 6) is 0.524. The molecule has 12 aromatic heterocycles. The zero-order chi connectivity index (χ0) is 96.9. The standard InChI is InChI=1S/C22H17N5.C21H11ClF3N5.C21H14ClN5.C19H14ClN7.C18H14BrClN6/c1-13-8-9-25-19-14(2)10-16(11-17(13)19)21-20(15-6-4-3-5-7-15)27-22(24)18(12-23)26-21;22-15-9-12(8-13-14(21(23,24)25)6-7-28-19(13)15)18-17(11-4-2-1-3-5-11)30-20(27)16(10-26)29-18;1-12-7-8-25-20-15(12)9-14(10-16(20)22)19-18(13-5-3-2-4-6-13)27-21(24)17(11-23)26-19;1-10-3-5-23-17-12(10)7-11(8-13(17)20)16-18(14-4-6-27(2)26-14)25-19(22)15(9-21)24-16;1-9-3-5-22-15-11(9)7-10(8-12(15)20)14-16(13-4-6-26(2)25-13)24-18(21)17(19)23-14/h3-11H,1-2H3,(H2,24,27);1-9H,(H2,27,30);2-10H,1H3,(H2,24,27);3-8H,1-2H3,(H2,22,25);3-8H,1-2H3,(H2,21,24). The first-order chi connectivity index (χ1) is 65.9. The third kappa shape index (κ3) is 19.5. The van der Waals surface area contributed by atoms with Crippen LogP contribution in [0.25, 0.3) is 167 Å². The molecular formula is C101H70BrCl4F3N28. The molecule has 28 nitrogen and oxygen atoms in total. The van der Waals surface area contributed by atoms with E-state index in [-0.39, 0.29) is 73.2 Å². The Balaban J connectivity index is 0.000000124. The Bertz CT molecular complexity index is 8200. The number of fused-ring (bicyclic) bond motifs is 5. The molecule has 137 heavy (non-hydrogen) atoms. The number of hydrogen-bond donors (Lipinski definition) is 5. The number of rotatable bonds is 10. The number of hydrogen-bond acceptors (Lipinski definition) is 26. The van der Waals surface area contributed by atoms with E-state index in [1.165, 1.54) is 12.1 Å². The highest BCUT2D eigenvalue weighted by Crippen LogP contribution is 2.44. The van der Waals surface area contributed by atoms with Gasteiger partial charge in [-0.05, 0) is 181 Å². The minimum absolute atomic E-state index is 0.0143. The summed E-state index contributed by atoms with van der Waals surface area (Å²) in [5.41, 5.74) is 49.7. The lowest BCUT2D eigenvalue weighted by Crippen LogP contribution is -2.07. The molecule has 12 heterocycles. The van der Waals surface area contributed by atoms with E-state index >= 15 is 0 Å². The van der Waals surface area contributed by atoms with E-state index < -0.39 is 11.7 Å². The number of alkyl halides is 3. The maximum absolute atomic E-state index is 13.5. The molecule has 0 bridgehead atoms. The van der Waals surface area contributed by atoms with Crippen LogP contribution in [0.1, 0.15) is 56.2 Å². The van der Waals surface area contributed by atoms with Gasteiger partial charge in [-0.15, -0.1) is 0 Å². The van der Waals surface area contributed by atoms with Crippen molar-refractivity contribution in [2.24, 2.45) is 14.1 Å². The maximum Gasteiger partial charge on any atom is 0.417 e. The molecule has 0 amide bonds. The molecule has 670 valence electrons. The van der Waals surface area contributed by atoms with Crippen molar-refractivity contribution in [2.75, 3.05) is 28.7 Å². The topological polar surface area (TPSA) is 454 Å². The van der Waals surface area contributed by atoms with E-state index in [0.29, 0.717) is 105 Å². The Labute approximate surface area is 807 Å². The van der Waals surface area contributed by atoms with Crippen LogP contribution >= 0.6 is 62.3 Å². The summed E-state index contributed by atoms with van der Waals surface area (Å²) < 4.78 is 44.5. The van der Waals surface area contributed by atoms with Gasteiger partial charge in [0.15, 0.2) is 51.9 Å². The number of benzene rings is 8. The normalized spacial score (nSPS) is 11.0. The van der Waals surface area contributed by atoms with Crippen LogP contribution in [0, 0.1) is 79.9 Å². The minimum Gasteiger partial charge on any atom is -0.381 e. The Hall–Kier alpha value is -17.0. The summed E-state index contributed by atoms with van der Waals surface area (Å²) in [7, 11) is 3.66. The molecule has 0 aliphatic carbocycles. The lowest BCUT2D eigenvalue weighted by atomic mass is 9.98. The number of aromatic nitrogens is 19. The predicted molar refractivity (Wildman–Crippen MR) is 532 cm³/mol. The van der Waals surface area contributed by atoms with Crippen LogP contribution in [0.4, 0.5) is 42.3 Å². The van der Waals surface area contributed by atoms with Crippen molar-refractivity contribution in [1.82, 2.24) is 94.3 Å². The SMILES string of the molecule is Cc1ccnc2c(C)cc(-c3nc(C#N)c(N)nc3-c3ccccc3)cc12.Cc1ccnc2c(Cl)cc(-c3nc(Br)c(N)nc3-c3ccn(C)n3)cc12.Cc1ccnc2c(Cl)cc(-c3nc(C#N)c(N)nc3-c3ccccc3)cc12.Cc1ccnc2c(Cl)cc(-c3nc(C#N)c(N)nc3-c3ccn(C)n3)cc12.N#Cc1nc(-c2cc(Cl)c3nccc(C(F)(F)F)c3c2)c(-c2ccccc2)nc1N. The van der Waals surface area contributed by atoms with Crippen molar-refractivity contribution in [2.45, 2.75) is 40.8 Å². The highest BCUT2D eigenvalue weighted by molar-refractivity contribution is 9.10. The lowest BCUT2D eigenvalue weighted by Gasteiger charge is -2.14. The molecule has 0 fully saturated rings.